The molecule has 1 saturated heterocycles. The van der Waals surface area contributed by atoms with Crippen molar-refractivity contribution in [3.05, 3.63) is 0 Å². The van der Waals surface area contributed by atoms with Gasteiger partial charge in [0, 0.05) is 26.2 Å². The number of hydrogen-bond acceptors (Lipinski definition) is 1. The number of rotatable bonds is 9. The third-order valence-corrected chi connectivity index (χ3v) is 4.52. The molecule has 1 fully saturated rings. The van der Waals surface area contributed by atoms with Gasteiger partial charge in [-0.2, -0.15) is 0 Å². The predicted molar refractivity (Wildman–Crippen MR) is 84.0 cm³/mol. The molecule has 1 rings (SSSR count). The molecule has 106 valence electrons. The summed E-state index contributed by atoms with van der Waals surface area (Å²) in [5.74, 6) is 0. The van der Waals surface area contributed by atoms with Crippen LogP contribution in [0.5, 0.6) is 0 Å². The minimum atomic E-state index is 0.663. The van der Waals surface area contributed by atoms with Crippen molar-refractivity contribution in [3.8, 4) is 0 Å². The van der Waals surface area contributed by atoms with Gasteiger partial charge in [0.15, 0.2) is 5.11 Å². The SMILES string of the molecule is CCCCCCCC1CN(CCCC)C(=S)N1C. The molecule has 0 aromatic heterocycles. The molecule has 1 aliphatic rings. The van der Waals surface area contributed by atoms with Crippen LogP contribution in [0.1, 0.15) is 65.2 Å². The Bertz CT molecular complexity index is 243. The third-order valence-electron chi connectivity index (χ3n) is 3.97. The fourth-order valence-electron chi connectivity index (χ4n) is 2.64. The highest BCUT2D eigenvalue weighted by molar-refractivity contribution is 7.80. The van der Waals surface area contributed by atoms with Crippen LogP contribution in [0.25, 0.3) is 0 Å². The van der Waals surface area contributed by atoms with Gasteiger partial charge in [0.2, 0.25) is 0 Å². The van der Waals surface area contributed by atoms with E-state index in [1.165, 1.54) is 51.4 Å². The molecule has 1 heterocycles. The van der Waals surface area contributed by atoms with E-state index in [0.717, 1.165) is 18.2 Å². The molecular formula is C15H30N2S. The maximum atomic E-state index is 5.53. The van der Waals surface area contributed by atoms with Crippen molar-refractivity contribution in [1.82, 2.24) is 9.80 Å². The van der Waals surface area contributed by atoms with E-state index in [2.05, 4.69) is 30.7 Å². The first-order valence-corrected chi connectivity index (χ1v) is 8.13. The van der Waals surface area contributed by atoms with Crippen LogP contribution in [0.15, 0.2) is 0 Å². The molecule has 0 spiro atoms. The van der Waals surface area contributed by atoms with Crippen LogP contribution in [0.4, 0.5) is 0 Å². The first-order valence-electron chi connectivity index (χ1n) is 7.72. The Morgan fingerprint density at radius 2 is 1.72 bits per heavy atom. The van der Waals surface area contributed by atoms with Crippen molar-refractivity contribution in [1.29, 1.82) is 0 Å². The molecule has 0 aromatic rings. The third kappa shape index (κ3) is 4.75. The number of nitrogens with zero attached hydrogens (tertiary/aromatic N) is 2. The summed E-state index contributed by atoms with van der Waals surface area (Å²) in [5.41, 5.74) is 0. The maximum Gasteiger partial charge on any atom is 0.171 e. The lowest BCUT2D eigenvalue weighted by atomic mass is 10.1. The molecule has 2 nitrogen and oxygen atoms in total. The normalized spacial score (nSPS) is 19.9. The van der Waals surface area contributed by atoms with Crippen LogP contribution in [0.2, 0.25) is 0 Å². The summed E-state index contributed by atoms with van der Waals surface area (Å²) in [6.45, 7) is 6.82. The monoisotopic (exact) mass is 270 g/mol. The van der Waals surface area contributed by atoms with Crippen LogP contribution >= 0.6 is 12.2 Å². The summed E-state index contributed by atoms with van der Waals surface area (Å²) in [5, 5.41) is 1.07. The molecule has 1 aliphatic heterocycles. The number of likely N-dealkylation sites (N-methyl/N-ethyl adjacent to an activating group) is 1. The lowest BCUT2D eigenvalue weighted by molar-refractivity contribution is 0.353. The van der Waals surface area contributed by atoms with Crippen LogP contribution in [0.3, 0.4) is 0 Å². The lowest BCUT2D eigenvalue weighted by Crippen LogP contribution is -2.31. The lowest BCUT2D eigenvalue weighted by Gasteiger charge is -2.20. The van der Waals surface area contributed by atoms with Crippen LogP contribution < -0.4 is 0 Å². The average Bonchev–Trinajstić information content (AvgIpc) is 2.64. The maximum absolute atomic E-state index is 5.53. The smallest absolute Gasteiger partial charge is 0.171 e. The van der Waals surface area contributed by atoms with Gasteiger partial charge in [-0.05, 0) is 25.1 Å². The van der Waals surface area contributed by atoms with Crippen molar-refractivity contribution in [2.45, 2.75) is 71.3 Å². The molecule has 1 atom stereocenters. The summed E-state index contributed by atoms with van der Waals surface area (Å²) < 4.78 is 0. The van der Waals surface area contributed by atoms with Gasteiger partial charge in [0.05, 0.1) is 0 Å². The van der Waals surface area contributed by atoms with Crippen molar-refractivity contribution in [2.24, 2.45) is 0 Å². The topological polar surface area (TPSA) is 6.48 Å². The molecule has 0 N–H and O–H groups in total. The molecule has 3 heteroatoms. The van der Waals surface area contributed by atoms with E-state index in [1.54, 1.807) is 0 Å². The van der Waals surface area contributed by atoms with Crippen molar-refractivity contribution in [3.63, 3.8) is 0 Å². The van der Waals surface area contributed by atoms with E-state index in [-0.39, 0.29) is 0 Å². The molecule has 0 aromatic carbocycles. The number of hydrogen-bond donors (Lipinski definition) is 0. The fourth-order valence-corrected chi connectivity index (χ4v) is 2.95. The van der Waals surface area contributed by atoms with Crippen molar-refractivity contribution >= 4 is 17.3 Å². The summed E-state index contributed by atoms with van der Waals surface area (Å²) in [7, 11) is 2.17. The quantitative estimate of drug-likeness (QED) is 0.461. The molecule has 0 bridgehead atoms. The molecule has 18 heavy (non-hydrogen) atoms. The van der Waals surface area contributed by atoms with Crippen LogP contribution in [0, 0.1) is 0 Å². The van der Waals surface area contributed by atoms with E-state index in [1.807, 2.05) is 0 Å². The van der Waals surface area contributed by atoms with Crippen molar-refractivity contribution in [2.75, 3.05) is 20.1 Å². The Kier molecular flexibility index (Phi) is 7.64. The van der Waals surface area contributed by atoms with Gasteiger partial charge >= 0.3 is 0 Å². The Balaban J connectivity index is 2.23. The highest BCUT2D eigenvalue weighted by Gasteiger charge is 2.30. The zero-order valence-electron chi connectivity index (χ0n) is 12.5. The molecule has 0 amide bonds. The van der Waals surface area contributed by atoms with E-state index in [4.69, 9.17) is 12.2 Å². The zero-order chi connectivity index (χ0) is 13.4. The molecular weight excluding hydrogens is 240 g/mol. The highest BCUT2D eigenvalue weighted by atomic mass is 32.1. The van der Waals surface area contributed by atoms with Gasteiger partial charge in [0.1, 0.15) is 0 Å². The second kappa shape index (κ2) is 8.73. The van der Waals surface area contributed by atoms with E-state index >= 15 is 0 Å². The van der Waals surface area contributed by atoms with Gasteiger partial charge in [-0.1, -0.05) is 52.4 Å². The van der Waals surface area contributed by atoms with Gasteiger partial charge in [-0.15, -0.1) is 0 Å². The standard InChI is InChI=1S/C15H30N2S/c1-4-6-8-9-10-11-14-13-17(12-7-5-2)15(18)16(14)3/h14H,4-13H2,1-3H3. The second-order valence-electron chi connectivity index (χ2n) is 5.55. The highest BCUT2D eigenvalue weighted by Crippen LogP contribution is 2.20. The Morgan fingerprint density at radius 1 is 1.06 bits per heavy atom. The second-order valence-corrected chi connectivity index (χ2v) is 5.91. The van der Waals surface area contributed by atoms with E-state index in [0.29, 0.717) is 6.04 Å². The Morgan fingerprint density at radius 3 is 2.39 bits per heavy atom. The molecule has 0 radical (unpaired) electrons. The minimum absolute atomic E-state index is 0.663. The predicted octanol–water partition coefficient (Wildman–Crippen LogP) is 4.05. The summed E-state index contributed by atoms with van der Waals surface area (Å²) in [4.78, 5) is 4.72. The summed E-state index contributed by atoms with van der Waals surface area (Å²) in [6.07, 6.45) is 10.7. The first kappa shape index (κ1) is 15.7. The average molecular weight is 270 g/mol. The Hall–Kier alpha value is -0.310. The fraction of sp³-hybridized carbons (Fsp3) is 0.933. The van der Waals surface area contributed by atoms with E-state index < -0.39 is 0 Å². The summed E-state index contributed by atoms with van der Waals surface area (Å²) in [6, 6.07) is 0.663. The van der Waals surface area contributed by atoms with Gasteiger partial charge in [0.25, 0.3) is 0 Å². The molecule has 0 aliphatic carbocycles. The largest absolute Gasteiger partial charge is 0.347 e. The Labute approximate surface area is 119 Å². The van der Waals surface area contributed by atoms with Crippen molar-refractivity contribution < 1.29 is 0 Å². The van der Waals surface area contributed by atoms with Crippen LogP contribution in [-0.2, 0) is 0 Å². The first-order chi connectivity index (χ1) is 8.70. The van der Waals surface area contributed by atoms with E-state index in [9.17, 15) is 0 Å². The van der Waals surface area contributed by atoms with Crippen LogP contribution in [-0.4, -0.2) is 41.1 Å². The number of thiocarbonyl (C=S) groups is 1. The summed E-state index contributed by atoms with van der Waals surface area (Å²) >= 11 is 5.53. The van der Waals surface area contributed by atoms with Gasteiger partial charge in [-0.25, -0.2) is 0 Å². The molecule has 0 saturated carbocycles. The number of unbranched alkanes of at least 4 members (excludes halogenated alkanes) is 5. The minimum Gasteiger partial charge on any atom is -0.347 e. The zero-order valence-corrected chi connectivity index (χ0v) is 13.3. The molecule has 1 unspecified atom stereocenters. The van der Waals surface area contributed by atoms with Gasteiger partial charge < -0.3 is 9.80 Å². The van der Waals surface area contributed by atoms with Gasteiger partial charge in [-0.3, -0.25) is 0 Å².